The zero-order chi connectivity index (χ0) is 19.0. The Hall–Kier alpha value is -2.31. The normalized spacial score (nSPS) is 13.2. The van der Waals surface area contributed by atoms with Gasteiger partial charge in [-0.1, -0.05) is 18.5 Å². The van der Waals surface area contributed by atoms with Gasteiger partial charge in [-0.15, -0.1) is 0 Å². The Labute approximate surface area is 163 Å². The molecule has 2 aromatic heterocycles. The summed E-state index contributed by atoms with van der Waals surface area (Å²) in [7, 11) is 1.63. The molecule has 1 aliphatic rings. The van der Waals surface area contributed by atoms with Crippen LogP contribution in [0.15, 0.2) is 24.4 Å². The number of ether oxygens (including phenoxy) is 2. The maximum absolute atomic E-state index is 6.52. The molecule has 0 aliphatic carbocycles. The smallest absolute Gasteiger partial charge is 0.165 e. The van der Waals surface area contributed by atoms with Gasteiger partial charge in [0.2, 0.25) is 0 Å². The van der Waals surface area contributed by atoms with Crippen molar-refractivity contribution in [1.82, 2.24) is 14.6 Å². The minimum atomic E-state index is 0.531. The van der Waals surface area contributed by atoms with Gasteiger partial charge in [0.1, 0.15) is 11.6 Å². The van der Waals surface area contributed by atoms with Crippen LogP contribution in [0.1, 0.15) is 31.5 Å². The van der Waals surface area contributed by atoms with Gasteiger partial charge >= 0.3 is 0 Å². The number of rotatable bonds is 6. The number of benzene rings is 1. The molecule has 3 heterocycles. The van der Waals surface area contributed by atoms with Crippen molar-refractivity contribution in [2.45, 2.75) is 33.5 Å². The third-order valence-electron chi connectivity index (χ3n) is 4.93. The van der Waals surface area contributed by atoms with E-state index in [1.54, 1.807) is 7.11 Å². The average Bonchev–Trinajstić information content (AvgIpc) is 3.31. The summed E-state index contributed by atoms with van der Waals surface area (Å²) in [6, 6.07) is 5.66. The van der Waals surface area contributed by atoms with Crippen LogP contribution in [-0.2, 0) is 18.0 Å². The van der Waals surface area contributed by atoms with Crippen molar-refractivity contribution >= 4 is 23.1 Å². The first kappa shape index (κ1) is 18.1. The van der Waals surface area contributed by atoms with Gasteiger partial charge in [-0.2, -0.15) is 9.61 Å². The molecule has 27 heavy (non-hydrogen) atoms. The summed E-state index contributed by atoms with van der Waals surface area (Å²) in [4.78, 5) is 7.21. The maximum Gasteiger partial charge on any atom is 0.165 e. The fraction of sp³-hybridized carbons (Fsp3) is 0.400. The van der Waals surface area contributed by atoms with E-state index in [-0.39, 0.29) is 0 Å². The summed E-state index contributed by atoms with van der Waals surface area (Å²) in [6.45, 7) is 7.31. The van der Waals surface area contributed by atoms with Crippen LogP contribution in [0.25, 0.3) is 16.8 Å². The maximum atomic E-state index is 6.52. The van der Waals surface area contributed by atoms with Crippen molar-refractivity contribution in [2.75, 3.05) is 25.1 Å². The van der Waals surface area contributed by atoms with Crippen molar-refractivity contribution < 1.29 is 9.47 Å². The number of aromatic nitrogens is 3. The van der Waals surface area contributed by atoms with E-state index in [1.165, 1.54) is 0 Å². The summed E-state index contributed by atoms with van der Waals surface area (Å²) in [5.41, 5.74) is 4.72. The number of fused-ring (bicyclic) bond motifs is 2. The molecule has 0 atom stereocenters. The van der Waals surface area contributed by atoms with Crippen LogP contribution in [0.5, 0.6) is 5.75 Å². The Morgan fingerprint density at radius 2 is 2.11 bits per heavy atom. The van der Waals surface area contributed by atoms with Crippen LogP contribution in [0, 0.1) is 0 Å². The second kappa shape index (κ2) is 7.37. The first-order valence-corrected chi connectivity index (χ1v) is 9.61. The lowest BCUT2D eigenvalue weighted by atomic mass is 10.1. The molecule has 0 unspecified atom stereocenters. The van der Waals surface area contributed by atoms with Gasteiger partial charge in [-0.25, -0.2) is 4.98 Å². The molecule has 6 nitrogen and oxygen atoms in total. The number of anilines is 1. The van der Waals surface area contributed by atoms with E-state index in [1.807, 2.05) is 28.9 Å². The minimum absolute atomic E-state index is 0.531. The summed E-state index contributed by atoms with van der Waals surface area (Å²) in [6.07, 6.45) is 2.90. The van der Waals surface area contributed by atoms with E-state index in [0.29, 0.717) is 18.2 Å². The molecule has 0 amide bonds. The highest BCUT2D eigenvalue weighted by Gasteiger charge is 2.26. The SMILES string of the molecule is CCCN(CC)c1c2c(nc3c(-c4ccc(OC)cc4Cl)cnn13)COC2. The lowest BCUT2D eigenvalue weighted by molar-refractivity contribution is 0.133. The summed E-state index contributed by atoms with van der Waals surface area (Å²) in [5, 5.41) is 5.29. The minimum Gasteiger partial charge on any atom is -0.497 e. The highest BCUT2D eigenvalue weighted by Crippen LogP contribution is 2.37. The van der Waals surface area contributed by atoms with Crippen LogP contribution < -0.4 is 9.64 Å². The first-order chi connectivity index (χ1) is 13.2. The third-order valence-corrected chi connectivity index (χ3v) is 5.24. The Bertz CT molecular complexity index is 986. The van der Waals surface area contributed by atoms with Gasteiger partial charge in [-0.3, -0.25) is 0 Å². The standard InChI is InChI=1S/C20H23ClN4O2/c1-4-8-24(5-2)20-16-11-27-12-18(16)23-19-15(10-22-25(19)20)14-7-6-13(26-3)9-17(14)21/h6-7,9-10H,4-5,8,11-12H2,1-3H3. The average molecular weight is 387 g/mol. The van der Waals surface area contributed by atoms with E-state index < -0.39 is 0 Å². The third kappa shape index (κ3) is 3.03. The molecule has 0 saturated heterocycles. The Balaban J connectivity index is 1.93. The lowest BCUT2D eigenvalue weighted by Crippen LogP contribution is -2.27. The summed E-state index contributed by atoms with van der Waals surface area (Å²) < 4.78 is 12.9. The van der Waals surface area contributed by atoms with Crippen molar-refractivity contribution in [1.29, 1.82) is 0 Å². The van der Waals surface area contributed by atoms with Gasteiger partial charge in [0.15, 0.2) is 5.65 Å². The molecule has 142 valence electrons. The van der Waals surface area contributed by atoms with Crippen molar-refractivity contribution in [3.63, 3.8) is 0 Å². The van der Waals surface area contributed by atoms with Crippen LogP contribution in [0.4, 0.5) is 5.82 Å². The highest BCUT2D eigenvalue weighted by molar-refractivity contribution is 6.33. The number of methoxy groups -OCH3 is 1. The number of nitrogens with zero attached hydrogens (tertiary/aromatic N) is 4. The fourth-order valence-corrected chi connectivity index (χ4v) is 3.89. The first-order valence-electron chi connectivity index (χ1n) is 9.24. The molecule has 1 aromatic carbocycles. The zero-order valence-electron chi connectivity index (χ0n) is 15.8. The summed E-state index contributed by atoms with van der Waals surface area (Å²) >= 11 is 6.52. The van der Waals surface area contributed by atoms with Gasteiger partial charge < -0.3 is 14.4 Å². The van der Waals surface area contributed by atoms with Gasteiger partial charge in [0.05, 0.1) is 37.2 Å². The van der Waals surface area contributed by atoms with Crippen LogP contribution in [-0.4, -0.2) is 34.8 Å². The molecule has 3 aromatic rings. The second-order valence-corrected chi connectivity index (χ2v) is 6.98. The number of hydrogen-bond acceptors (Lipinski definition) is 5. The second-order valence-electron chi connectivity index (χ2n) is 6.57. The van der Waals surface area contributed by atoms with Gasteiger partial charge in [0.25, 0.3) is 0 Å². The van der Waals surface area contributed by atoms with E-state index in [2.05, 4.69) is 23.8 Å². The van der Waals surface area contributed by atoms with Gasteiger partial charge in [-0.05, 0) is 31.5 Å². The monoisotopic (exact) mass is 386 g/mol. The number of halogens is 1. The van der Waals surface area contributed by atoms with Gasteiger partial charge in [0, 0.05) is 29.8 Å². The molecule has 7 heteroatoms. The molecule has 0 spiro atoms. The van der Waals surface area contributed by atoms with Crippen LogP contribution in [0.3, 0.4) is 0 Å². The van der Waals surface area contributed by atoms with Crippen LogP contribution in [0.2, 0.25) is 5.02 Å². The molecule has 1 aliphatic heterocycles. The summed E-state index contributed by atoms with van der Waals surface area (Å²) in [5.74, 6) is 1.80. The quantitative estimate of drug-likeness (QED) is 0.631. The molecule has 0 N–H and O–H groups in total. The highest BCUT2D eigenvalue weighted by atomic mass is 35.5. The van der Waals surface area contributed by atoms with E-state index in [9.17, 15) is 0 Å². The molecule has 0 radical (unpaired) electrons. The lowest BCUT2D eigenvalue weighted by Gasteiger charge is -2.25. The molecular weight excluding hydrogens is 364 g/mol. The topological polar surface area (TPSA) is 51.9 Å². The Kier molecular flexibility index (Phi) is 4.93. The van der Waals surface area contributed by atoms with Crippen molar-refractivity contribution in [2.24, 2.45) is 0 Å². The van der Waals surface area contributed by atoms with Crippen molar-refractivity contribution in [3.8, 4) is 16.9 Å². The molecule has 4 rings (SSSR count). The Morgan fingerprint density at radius 3 is 2.81 bits per heavy atom. The molecule has 0 bridgehead atoms. The predicted molar refractivity (Wildman–Crippen MR) is 107 cm³/mol. The van der Waals surface area contributed by atoms with E-state index in [0.717, 1.165) is 59.1 Å². The van der Waals surface area contributed by atoms with E-state index >= 15 is 0 Å². The molecular formula is C20H23ClN4O2. The molecule has 0 saturated carbocycles. The van der Waals surface area contributed by atoms with Crippen molar-refractivity contribution in [3.05, 3.63) is 40.7 Å². The molecule has 0 fully saturated rings. The number of hydrogen-bond donors (Lipinski definition) is 0. The largest absolute Gasteiger partial charge is 0.497 e. The predicted octanol–water partition coefficient (Wildman–Crippen LogP) is 4.32. The Morgan fingerprint density at radius 1 is 1.26 bits per heavy atom. The van der Waals surface area contributed by atoms with E-state index in [4.69, 9.17) is 26.1 Å². The zero-order valence-corrected chi connectivity index (χ0v) is 16.6. The van der Waals surface area contributed by atoms with Crippen LogP contribution >= 0.6 is 11.6 Å². The fourth-order valence-electron chi connectivity index (χ4n) is 3.61.